The van der Waals surface area contributed by atoms with Crippen molar-refractivity contribution in [1.29, 1.82) is 0 Å². The Labute approximate surface area is 176 Å². The molecule has 0 aliphatic rings. The first-order valence-electron chi connectivity index (χ1n) is 11.1. The van der Waals surface area contributed by atoms with Crippen LogP contribution in [0.15, 0.2) is 48.5 Å². The molecule has 0 spiro atoms. The van der Waals surface area contributed by atoms with Crippen LogP contribution in [0.2, 0.25) is 0 Å². The van der Waals surface area contributed by atoms with Crippen molar-refractivity contribution in [2.24, 2.45) is 5.92 Å². The van der Waals surface area contributed by atoms with E-state index in [1.165, 1.54) is 32.1 Å². The SMILES string of the molecule is CCCCCCCCOc1ccc(-c2ccc(C(=O)C(C)COCC)cc2)cc1. The van der Waals surface area contributed by atoms with Crippen molar-refractivity contribution >= 4 is 5.78 Å². The second kappa shape index (κ2) is 13.2. The maximum atomic E-state index is 12.4. The molecule has 3 nitrogen and oxygen atoms in total. The molecule has 0 heterocycles. The third-order valence-electron chi connectivity index (χ3n) is 5.14. The summed E-state index contributed by atoms with van der Waals surface area (Å²) in [6, 6.07) is 16.0. The van der Waals surface area contributed by atoms with Gasteiger partial charge in [-0.15, -0.1) is 0 Å². The van der Waals surface area contributed by atoms with Crippen LogP contribution >= 0.6 is 0 Å². The zero-order valence-corrected chi connectivity index (χ0v) is 18.3. The molecule has 0 bridgehead atoms. The van der Waals surface area contributed by atoms with E-state index in [0.717, 1.165) is 35.5 Å². The summed E-state index contributed by atoms with van der Waals surface area (Å²) in [6.45, 7) is 7.98. The fourth-order valence-electron chi connectivity index (χ4n) is 3.30. The molecule has 2 rings (SSSR count). The Morgan fingerprint density at radius 1 is 0.828 bits per heavy atom. The van der Waals surface area contributed by atoms with Gasteiger partial charge in [-0.1, -0.05) is 82.3 Å². The van der Waals surface area contributed by atoms with Gasteiger partial charge in [0.2, 0.25) is 0 Å². The maximum Gasteiger partial charge on any atom is 0.167 e. The van der Waals surface area contributed by atoms with Crippen molar-refractivity contribution in [3.63, 3.8) is 0 Å². The molecule has 0 aliphatic carbocycles. The number of rotatable bonds is 14. The standard InChI is InChI=1S/C26H36O3/c1-4-6-7-8-9-10-19-29-25-17-15-23(16-18-25)22-11-13-24(14-12-22)26(27)21(3)20-28-5-2/h11-18,21H,4-10,19-20H2,1-3H3. The first-order chi connectivity index (χ1) is 14.2. The predicted octanol–water partition coefficient (Wildman–Crippen LogP) is 6.95. The molecule has 0 radical (unpaired) electrons. The Morgan fingerprint density at radius 2 is 1.41 bits per heavy atom. The number of hydrogen-bond donors (Lipinski definition) is 0. The first kappa shape index (κ1) is 23.2. The number of hydrogen-bond acceptors (Lipinski definition) is 3. The van der Waals surface area contributed by atoms with Gasteiger partial charge in [0.15, 0.2) is 5.78 Å². The van der Waals surface area contributed by atoms with E-state index < -0.39 is 0 Å². The van der Waals surface area contributed by atoms with Crippen molar-refractivity contribution < 1.29 is 14.3 Å². The molecule has 3 heteroatoms. The van der Waals surface area contributed by atoms with E-state index in [1.807, 2.05) is 50.2 Å². The summed E-state index contributed by atoms with van der Waals surface area (Å²) in [4.78, 5) is 12.4. The molecule has 1 atom stereocenters. The topological polar surface area (TPSA) is 35.5 Å². The van der Waals surface area contributed by atoms with Crippen molar-refractivity contribution in [3.05, 3.63) is 54.1 Å². The van der Waals surface area contributed by atoms with E-state index in [1.54, 1.807) is 0 Å². The average molecular weight is 397 g/mol. The van der Waals surface area contributed by atoms with Crippen LogP contribution < -0.4 is 4.74 Å². The van der Waals surface area contributed by atoms with Crippen molar-refractivity contribution in [1.82, 2.24) is 0 Å². The van der Waals surface area contributed by atoms with Gasteiger partial charge in [-0.3, -0.25) is 4.79 Å². The largest absolute Gasteiger partial charge is 0.494 e. The highest BCUT2D eigenvalue weighted by molar-refractivity contribution is 5.98. The molecular weight excluding hydrogens is 360 g/mol. The van der Waals surface area contributed by atoms with Crippen LogP contribution in [-0.4, -0.2) is 25.6 Å². The molecule has 0 amide bonds. The maximum absolute atomic E-state index is 12.4. The number of Topliss-reactive ketones (excluding diaryl/α,β-unsaturated/α-hetero) is 1. The smallest absolute Gasteiger partial charge is 0.167 e. The molecule has 158 valence electrons. The van der Waals surface area contributed by atoms with Gasteiger partial charge in [0.05, 0.1) is 13.2 Å². The lowest BCUT2D eigenvalue weighted by Crippen LogP contribution is -2.17. The first-order valence-corrected chi connectivity index (χ1v) is 11.1. The molecule has 0 saturated carbocycles. The van der Waals surface area contributed by atoms with Crippen molar-refractivity contribution in [2.75, 3.05) is 19.8 Å². The Kier molecular flexibility index (Phi) is 10.5. The van der Waals surface area contributed by atoms with Crippen LogP contribution in [0.3, 0.4) is 0 Å². The Morgan fingerprint density at radius 3 is 2.03 bits per heavy atom. The highest BCUT2D eigenvalue weighted by atomic mass is 16.5. The van der Waals surface area contributed by atoms with Crippen LogP contribution in [0.1, 0.15) is 69.7 Å². The normalized spacial score (nSPS) is 12.0. The Balaban J connectivity index is 1.82. The highest BCUT2D eigenvalue weighted by Gasteiger charge is 2.15. The van der Waals surface area contributed by atoms with E-state index in [4.69, 9.17) is 9.47 Å². The van der Waals surface area contributed by atoms with Crippen LogP contribution in [0.25, 0.3) is 11.1 Å². The second-order valence-corrected chi connectivity index (χ2v) is 7.64. The number of ketones is 1. The lowest BCUT2D eigenvalue weighted by Gasteiger charge is -2.11. The molecule has 1 unspecified atom stereocenters. The Bertz CT molecular complexity index is 704. The fourth-order valence-corrected chi connectivity index (χ4v) is 3.30. The number of ether oxygens (including phenoxy) is 2. The van der Waals surface area contributed by atoms with Crippen molar-refractivity contribution in [3.8, 4) is 16.9 Å². The molecule has 0 aliphatic heterocycles. The summed E-state index contributed by atoms with van der Waals surface area (Å²) in [5.74, 6) is 0.922. The van der Waals surface area contributed by atoms with Crippen LogP contribution in [0.4, 0.5) is 0 Å². The summed E-state index contributed by atoms with van der Waals surface area (Å²) in [5, 5.41) is 0. The number of carbonyl (C=O) groups is 1. The molecule has 0 saturated heterocycles. The van der Waals surface area contributed by atoms with E-state index in [9.17, 15) is 4.79 Å². The fraction of sp³-hybridized carbons (Fsp3) is 0.500. The van der Waals surface area contributed by atoms with Gasteiger partial charge in [0, 0.05) is 18.1 Å². The molecule has 29 heavy (non-hydrogen) atoms. The predicted molar refractivity (Wildman–Crippen MR) is 121 cm³/mol. The van der Waals surface area contributed by atoms with Gasteiger partial charge in [0.25, 0.3) is 0 Å². The van der Waals surface area contributed by atoms with Gasteiger partial charge in [0.1, 0.15) is 5.75 Å². The lowest BCUT2D eigenvalue weighted by molar-refractivity contribution is 0.0762. The van der Waals surface area contributed by atoms with E-state index in [-0.39, 0.29) is 11.7 Å². The van der Waals surface area contributed by atoms with Gasteiger partial charge in [-0.25, -0.2) is 0 Å². The number of carbonyl (C=O) groups excluding carboxylic acids is 1. The minimum Gasteiger partial charge on any atom is -0.494 e. The van der Waals surface area contributed by atoms with E-state index >= 15 is 0 Å². The minimum absolute atomic E-state index is 0.121. The van der Waals surface area contributed by atoms with Gasteiger partial charge < -0.3 is 9.47 Å². The average Bonchev–Trinajstić information content (AvgIpc) is 2.77. The Hall–Kier alpha value is -2.13. The zero-order chi connectivity index (χ0) is 20.9. The van der Waals surface area contributed by atoms with Gasteiger partial charge in [-0.2, -0.15) is 0 Å². The van der Waals surface area contributed by atoms with Gasteiger partial charge in [-0.05, 0) is 36.6 Å². The summed E-state index contributed by atoms with van der Waals surface area (Å²) in [5.41, 5.74) is 2.96. The summed E-state index contributed by atoms with van der Waals surface area (Å²) in [6.07, 6.45) is 7.62. The molecule has 0 fully saturated rings. The lowest BCUT2D eigenvalue weighted by atomic mass is 9.97. The summed E-state index contributed by atoms with van der Waals surface area (Å²) in [7, 11) is 0. The van der Waals surface area contributed by atoms with Crippen LogP contribution in [0, 0.1) is 5.92 Å². The van der Waals surface area contributed by atoms with Crippen molar-refractivity contribution in [2.45, 2.75) is 59.3 Å². The van der Waals surface area contributed by atoms with Crippen LogP contribution in [-0.2, 0) is 4.74 Å². The second-order valence-electron chi connectivity index (χ2n) is 7.64. The summed E-state index contributed by atoms with van der Waals surface area (Å²) >= 11 is 0. The monoisotopic (exact) mass is 396 g/mol. The number of benzene rings is 2. The molecule has 0 aromatic heterocycles. The van der Waals surface area contributed by atoms with Gasteiger partial charge >= 0.3 is 0 Å². The third kappa shape index (κ3) is 8.02. The third-order valence-corrected chi connectivity index (χ3v) is 5.14. The van der Waals surface area contributed by atoms with Crippen LogP contribution in [0.5, 0.6) is 5.75 Å². The zero-order valence-electron chi connectivity index (χ0n) is 18.3. The molecule has 2 aromatic rings. The highest BCUT2D eigenvalue weighted by Crippen LogP contribution is 2.24. The quantitative estimate of drug-likeness (QED) is 0.256. The number of unbranched alkanes of at least 4 members (excludes halogenated alkanes) is 5. The minimum atomic E-state index is -0.121. The summed E-state index contributed by atoms with van der Waals surface area (Å²) < 4.78 is 11.2. The molecule has 2 aromatic carbocycles. The molecular formula is C26H36O3. The van der Waals surface area contributed by atoms with E-state index in [0.29, 0.717) is 13.2 Å². The van der Waals surface area contributed by atoms with E-state index in [2.05, 4.69) is 19.1 Å². The molecule has 0 N–H and O–H groups in total.